The van der Waals surface area contributed by atoms with E-state index in [4.69, 9.17) is 4.74 Å². The Hall–Kier alpha value is -1.07. The molecule has 1 aromatic carbocycles. The number of nitrogens with one attached hydrogen (secondary N) is 1. The van der Waals surface area contributed by atoms with Gasteiger partial charge >= 0.3 is 0 Å². The van der Waals surface area contributed by atoms with E-state index in [1.807, 2.05) is 6.07 Å². The highest BCUT2D eigenvalue weighted by Crippen LogP contribution is 2.43. The summed E-state index contributed by atoms with van der Waals surface area (Å²) < 4.78 is 6.13. The standard InChI is InChI=1S/C13H16BrNO3/c1-8(16)15-12-9(7-13(17)5-6-13)10(14)3-4-11(12)18-2/h3-4,17H,5-7H2,1-2H3,(H,15,16). The zero-order valence-corrected chi connectivity index (χ0v) is 12.0. The van der Waals surface area contributed by atoms with Crippen molar-refractivity contribution in [1.29, 1.82) is 0 Å². The molecule has 0 heterocycles. The predicted octanol–water partition coefficient (Wildman–Crippen LogP) is 2.48. The highest BCUT2D eigenvalue weighted by molar-refractivity contribution is 9.10. The fourth-order valence-electron chi connectivity index (χ4n) is 1.91. The van der Waals surface area contributed by atoms with Crippen LogP contribution in [-0.2, 0) is 11.2 Å². The highest BCUT2D eigenvalue weighted by Gasteiger charge is 2.41. The topological polar surface area (TPSA) is 58.6 Å². The number of amides is 1. The van der Waals surface area contributed by atoms with Gasteiger partial charge < -0.3 is 15.2 Å². The van der Waals surface area contributed by atoms with Crippen LogP contribution in [0, 0.1) is 0 Å². The van der Waals surface area contributed by atoms with Crippen molar-refractivity contribution >= 4 is 27.5 Å². The third-order valence-corrected chi connectivity index (χ3v) is 3.81. The minimum Gasteiger partial charge on any atom is -0.495 e. The van der Waals surface area contributed by atoms with Crippen LogP contribution < -0.4 is 10.1 Å². The van der Waals surface area contributed by atoms with Gasteiger partial charge in [-0.3, -0.25) is 4.79 Å². The molecule has 1 amide bonds. The van der Waals surface area contributed by atoms with Crippen molar-refractivity contribution in [2.24, 2.45) is 0 Å². The van der Waals surface area contributed by atoms with E-state index in [2.05, 4.69) is 21.2 Å². The fraction of sp³-hybridized carbons (Fsp3) is 0.462. The Morgan fingerprint density at radius 2 is 2.22 bits per heavy atom. The summed E-state index contributed by atoms with van der Waals surface area (Å²) in [6.07, 6.45) is 2.12. The second kappa shape index (κ2) is 4.90. The fourth-order valence-corrected chi connectivity index (χ4v) is 2.38. The maximum atomic E-state index is 11.3. The van der Waals surface area contributed by atoms with Gasteiger partial charge in [0.05, 0.1) is 18.4 Å². The number of hydrogen-bond acceptors (Lipinski definition) is 3. The summed E-state index contributed by atoms with van der Waals surface area (Å²) in [4.78, 5) is 11.3. The van der Waals surface area contributed by atoms with Crippen LogP contribution in [0.4, 0.5) is 5.69 Å². The molecule has 0 bridgehead atoms. The first kappa shape index (κ1) is 13.4. The molecule has 0 spiro atoms. The molecule has 0 atom stereocenters. The Labute approximate surface area is 114 Å². The quantitative estimate of drug-likeness (QED) is 0.898. The summed E-state index contributed by atoms with van der Waals surface area (Å²) in [5.41, 5.74) is 0.895. The molecule has 1 saturated carbocycles. The molecule has 2 rings (SSSR count). The second-order valence-corrected chi connectivity index (χ2v) is 5.54. The van der Waals surface area contributed by atoms with E-state index in [9.17, 15) is 9.90 Å². The molecule has 0 aromatic heterocycles. The first-order valence-corrected chi connectivity index (χ1v) is 6.60. The van der Waals surface area contributed by atoms with E-state index in [0.29, 0.717) is 17.9 Å². The molecule has 0 radical (unpaired) electrons. The zero-order chi connectivity index (χ0) is 13.3. The molecule has 0 unspecified atom stereocenters. The van der Waals surface area contributed by atoms with Crippen LogP contribution >= 0.6 is 15.9 Å². The van der Waals surface area contributed by atoms with Crippen LogP contribution in [0.15, 0.2) is 16.6 Å². The predicted molar refractivity (Wildman–Crippen MR) is 72.9 cm³/mol. The summed E-state index contributed by atoms with van der Waals surface area (Å²) in [5.74, 6) is 0.447. The number of methoxy groups -OCH3 is 1. The smallest absolute Gasteiger partial charge is 0.221 e. The molecule has 5 heteroatoms. The first-order valence-electron chi connectivity index (χ1n) is 5.80. The third-order valence-electron chi connectivity index (χ3n) is 3.07. The van der Waals surface area contributed by atoms with Gasteiger partial charge in [0, 0.05) is 17.8 Å². The van der Waals surface area contributed by atoms with E-state index in [1.165, 1.54) is 6.92 Å². The van der Waals surface area contributed by atoms with Crippen LogP contribution in [0.25, 0.3) is 0 Å². The molecule has 0 aliphatic heterocycles. The lowest BCUT2D eigenvalue weighted by Crippen LogP contribution is -2.16. The molecular weight excluding hydrogens is 298 g/mol. The van der Waals surface area contributed by atoms with E-state index in [1.54, 1.807) is 13.2 Å². The number of aliphatic hydroxyl groups is 1. The van der Waals surface area contributed by atoms with Gasteiger partial charge in [-0.15, -0.1) is 0 Å². The van der Waals surface area contributed by atoms with E-state index >= 15 is 0 Å². The van der Waals surface area contributed by atoms with Gasteiger partial charge in [-0.25, -0.2) is 0 Å². The Morgan fingerprint density at radius 1 is 1.56 bits per heavy atom. The van der Waals surface area contributed by atoms with Gasteiger partial charge in [0.25, 0.3) is 0 Å². The van der Waals surface area contributed by atoms with Gasteiger partial charge in [-0.05, 0) is 30.5 Å². The first-order chi connectivity index (χ1) is 8.45. The van der Waals surface area contributed by atoms with Crippen molar-refractivity contribution < 1.29 is 14.6 Å². The average molecular weight is 314 g/mol. The molecule has 1 aliphatic carbocycles. The maximum Gasteiger partial charge on any atom is 0.221 e. The Morgan fingerprint density at radius 3 is 2.72 bits per heavy atom. The van der Waals surface area contributed by atoms with Crippen molar-refractivity contribution in [3.63, 3.8) is 0 Å². The summed E-state index contributed by atoms with van der Waals surface area (Å²) in [5, 5.41) is 12.8. The number of rotatable bonds is 4. The number of benzene rings is 1. The number of ether oxygens (including phenoxy) is 1. The van der Waals surface area contributed by atoms with Gasteiger partial charge in [-0.1, -0.05) is 15.9 Å². The number of carbonyl (C=O) groups excluding carboxylic acids is 1. The lowest BCUT2D eigenvalue weighted by Gasteiger charge is -2.18. The van der Waals surface area contributed by atoms with E-state index in [0.717, 1.165) is 22.9 Å². The van der Waals surface area contributed by atoms with Crippen molar-refractivity contribution in [3.8, 4) is 5.75 Å². The van der Waals surface area contributed by atoms with E-state index < -0.39 is 5.60 Å². The molecular formula is C13H16BrNO3. The zero-order valence-electron chi connectivity index (χ0n) is 10.4. The lowest BCUT2D eigenvalue weighted by molar-refractivity contribution is -0.114. The third kappa shape index (κ3) is 2.84. The minimum absolute atomic E-state index is 0.157. The number of hydrogen-bond donors (Lipinski definition) is 2. The van der Waals surface area contributed by atoms with Gasteiger partial charge in [0.15, 0.2) is 0 Å². The van der Waals surface area contributed by atoms with Crippen LogP contribution in [0.1, 0.15) is 25.3 Å². The number of carbonyl (C=O) groups is 1. The molecule has 18 heavy (non-hydrogen) atoms. The van der Waals surface area contributed by atoms with Crippen LogP contribution in [0.5, 0.6) is 5.75 Å². The van der Waals surface area contributed by atoms with E-state index in [-0.39, 0.29) is 5.91 Å². The lowest BCUT2D eigenvalue weighted by atomic mass is 10.0. The Kier molecular flexibility index (Phi) is 3.64. The Balaban J connectivity index is 2.42. The van der Waals surface area contributed by atoms with Crippen LogP contribution in [-0.4, -0.2) is 23.7 Å². The normalized spacial score (nSPS) is 16.2. The van der Waals surface area contributed by atoms with Gasteiger partial charge in [0.2, 0.25) is 5.91 Å². The van der Waals surface area contributed by atoms with Crippen molar-refractivity contribution in [2.45, 2.75) is 31.8 Å². The van der Waals surface area contributed by atoms with Crippen molar-refractivity contribution in [3.05, 3.63) is 22.2 Å². The maximum absolute atomic E-state index is 11.3. The SMILES string of the molecule is COc1ccc(Br)c(CC2(O)CC2)c1NC(C)=O. The number of anilines is 1. The van der Waals surface area contributed by atoms with Crippen molar-refractivity contribution in [1.82, 2.24) is 0 Å². The van der Waals surface area contributed by atoms with Gasteiger partial charge in [0.1, 0.15) is 5.75 Å². The van der Waals surface area contributed by atoms with Gasteiger partial charge in [-0.2, -0.15) is 0 Å². The molecule has 1 fully saturated rings. The average Bonchev–Trinajstić information content (AvgIpc) is 3.02. The Bertz CT molecular complexity index is 483. The van der Waals surface area contributed by atoms with Crippen LogP contribution in [0.3, 0.4) is 0 Å². The van der Waals surface area contributed by atoms with Crippen molar-refractivity contribution in [2.75, 3.05) is 12.4 Å². The number of halogens is 1. The molecule has 1 aliphatic rings. The summed E-state index contributed by atoms with van der Waals surface area (Å²) in [7, 11) is 1.56. The summed E-state index contributed by atoms with van der Waals surface area (Å²) in [6, 6.07) is 3.65. The molecule has 98 valence electrons. The monoisotopic (exact) mass is 313 g/mol. The largest absolute Gasteiger partial charge is 0.495 e. The van der Waals surface area contributed by atoms with Crippen LogP contribution in [0.2, 0.25) is 0 Å². The molecule has 1 aromatic rings. The molecule has 4 nitrogen and oxygen atoms in total. The molecule has 2 N–H and O–H groups in total. The summed E-state index contributed by atoms with van der Waals surface area (Å²) >= 11 is 3.46. The highest BCUT2D eigenvalue weighted by atomic mass is 79.9. The molecule has 0 saturated heterocycles. The minimum atomic E-state index is -0.623. The second-order valence-electron chi connectivity index (χ2n) is 4.69. The summed E-state index contributed by atoms with van der Waals surface area (Å²) in [6.45, 7) is 1.45.